The van der Waals surface area contributed by atoms with Gasteiger partial charge < -0.3 is 10.6 Å². The van der Waals surface area contributed by atoms with E-state index in [4.69, 9.17) is 0 Å². The van der Waals surface area contributed by atoms with Crippen molar-refractivity contribution in [2.75, 3.05) is 10.6 Å². The molecule has 0 unspecified atom stereocenters. The summed E-state index contributed by atoms with van der Waals surface area (Å²) in [6.45, 7) is 0. The molecule has 0 amide bonds. The first-order valence-electron chi connectivity index (χ1n) is 12.9. The molecule has 6 aromatic rings. The summed E-state index contributed by atoms with van der Waals surface area (Å²) >= 11 is 0. The summed E-state index contributed by atoms with van der Waals surface area (Å²) < 4.78 is 0. The van der Waals surface area contributed by atoms with Crippen molar-refractivity contribution in [2.45, 2.75) is 0 Å². The SMILES string of the molecule is C(=Cc1ccc(Nc2ccccc2)cc1-c1ccc2ccccc2c1)c1ccc(Nc2ccccc2)cc1. The van der Waals surface area contributed by atoms with Gasteiger partial charge in [0, 0.05) is 22.7 Å². The molecule has 0 atom stereocenters. The molecule has 6 aromatic carbocycles. The maximum Gasteiger partial charge on any atom is 0.0390 e. The van der Waals surface area contributed by atoms with Crippen molar-refractivity contribution in [3.8, 4) is 11.1 Å². The number of fused-ring (bicyclic) bond motifs is 1. The smallest absolute Gasteiger partial charge is 0.0390 e. The zero-order chi connectivity index (χ0) is 25.6. The molecule has 0 saturated carbocycles. The third-order valence-electron chi connectivity index (χ3n) is 6.60. The number of nitrogens with one attached hydrogen (secondary N) is 2. The first-order chi connectivity index (χ1) is 18.8. The lowest BCUT2D eigenvalue weighted by Crippen LogP contribution is -1.92. The predicted molar refractivity (Wildman–Crippen MR) is 164 cm³/mol. The molecule has 0 fully saturated rings. The molecule has 0 aliphatic carbocycles. The van der Waals surface area contributed by atoms with E-state index in [-0.39, 0.29) is 0 Å². The highest BCUT2D eigenvalue weighted by Crippen LogP contribution is 2.32. The molecule has 182 valence electrons. The van der Waals surface area contributed by atoms with Crippen molar-refractivity contribution in [3.05, 3.63) is 157 Å². The van der Waals surface area contributed by atoms with Crippen molar-refractivity contribution in [1.29, 1.82) is 0 Å². The maximum atomic E-state index is 3.55. The summed E-state index contributed by atoms with van der Waals surface area (Å²) in [5, 5.41) is 9.48. The van der Waals surface area contributed by atoms with Crippen LogP contribution in [0.5, 0.6) is 0 Å². The van der Waals surface area contributed by atoms with E-state index in [2.05, 4.69) is 132 Å². The van der Waals surface area contributed by atoms with E-state index < -0.39 is 0 Å². The molecule has 2 nitrogen and oxygen atoms in total. The Labute approximate surface area is 223 Å². The van der Waals surface area contributed by atoms with E-state index in [9.17, 15) is 0 Å². The van der Waals surface area contributed by atoms with Gasteiger partial charge in [-0.2, -0.15) is 0 Å². The van der Waals surface area contributed by atoms with Gasteiger partial charge in [0.25, 0.3) is 0 Å². The molecular weight excluding hydrogens is 460 g/mol. The second-order valence-corrected chi connectivity index (χ2v) is 9.30. The molecule has 0 radical (unpaired) electrons. The fourth-order valence-corrected chi connectivity index (χ4v) is 4.63. The quantitative estimate of drug-likeness (QED) is 0.218. The van der Waals surface area contributed by atoms with Gasteiger partial charge in [0.15, 0.2) is 0 Å². The van der Waals surface area contributed by atoms with Crippen LogP contribution in [0.4, 0.5) is 22.7 Å². The number of hydrogen-bond donors (Lipinski definition) is 2. The fraction of sp³-hybridized carbons (Fsp3) is 0. The van der Waals surface area contributed by atoms with Crippen LogP contribution in [0, 0.1) is 0 Å². The highest BCUT2D eigenvalue weighted by atomic mass is 14.9. The van der Waals surface area contributed by atoms with Gasteiger partial charge in [-0.1, -0.05) is 103 Å². The second-order valence-electron chi connectivity index (χ2n) is 9.30. The van der Waals surface area contributed by atoms with Crippen LogP contribution >= 0.6 is 0 Å². The van der Waals surface area contributed by atoms with Crippen molar-refractivity contribution >= 4 is 45.7 Å². The van der Waals surface area contributed by atoms with Crippen LogP contribution in [0.3, 0.4) is 0 Å². The number of anilines is 4. The van der Waals surface area contributed by atoms with E-state index >= 15 is 0 Å². The largest absolute Gasteiger partial charge is 0.356 e. The summed E-state index contributed by atoms with van der Waals surface area (Å²) in [5.74, 6) is 0. The molecular formula is C36H28N2. The average Bonchev–Trinajstić information content (AvgIpc) is 2.98. The highest BCUT2D eigenvalue weighted by molar-refractivity contribution is 5.91. The Morgan fingerprint density at radius 2 is 0.974 bits per heavy atom. The number of hydrogen-bond acceptors (Lipinski definition) is 2. The van der Waals surface area contributed by atoms with E-state index in [0.29, 0.717) is 0 Å². The van der Waals surface area contributed by atoms with Gasteiger partial charge in [0.05, 0.1) is 0 Å². The van der Waals surface area contributed by atoms with Gasteiger partial charge in [0.1, 0.15) is 0 Å². The van der Waals surface area contributed by atoms with Crippen LogP contribution in [0.25, 0.3) is 34.1 Å². The summed E-state index contributed by atoms with van der Waals surface area (Å²) in [6.07, 6.45) is 4.38. The third-order valence-corrected chi connectivity index (χ3v) is 6.60. The topological polar surface area (TPSA) is 24.1 Å². The summed E-state index contributed by atoms with van der Waals surface area (Å²) in [5.41, 5.74) is 9.00. The zero-order valence-electron chi connectivity index (χ0n) is 21.0. The van der Waals surface area contributed by atoms with Crippen molar-refractivity contribution in [2.24, 2.45) is 0 Å². The normalized spacial score (nSPS) is 11.1. The molecule has 0 aliphatic heterocycles. The van der Waals surface area contributed by atoms with Crippen LogP contribution in [-0.4, -0.2) is 0 Å². The lowest BCUT2D eigenvalue weighted by Gasteiger charge is -2.13. The lowest BCUT2D eigenvalue weighted by atomic mass is 9.95. The van der Waals surface area contributed by atoms with Gasteiger partial charge in [-0.25, -0.2) is 0 Å². The van der Waals surface area contributed by atoms with Crippen LogP contribution in [-0.2, 0) is 0 Å². The van der Waals surface area contributed by atoms with Gasteiger partial charge in [0.2, 0.25) is 0 Å². The zero-order valence-corrected chi connectivity index (χ0v) is 21.0. The Hall–Kier alpha value is -5.08. The first kappa shape index (κ1) is 23.3. The number of rotatable bonds is 7. The van der Waals surface area contributed by atoms with E-state index in [1.165, 1.54) is 27.5 Å². The molecule has 0 aromatic heterocycles. The molecule has 2 heteroatoms. The number of para-hydroxylation sites is 2. The van der Waals surface area contributed by atoms with E-state index in [1.54, 1.807) is 0 Å². The fourth-order valence-electron chi connectivity index (χ4n) is 4.63. The average molecular weight is 489 g/mol. The molecule has 0 saturated heterocycles. The van der Waals surface area contributed by atoms with Gasteiger partial charge in [-0.3, -0.25) is 0 Å². The van der Waals surface area contributed by atoms with Crippen LogP contribution < -0.4 is 10.6 Å². The van der Waals surface area contributed by atoms with Gasteiger partial charge in [-0.05, 0) is 87.6 Å². The molecule has 2 N–H and O–H groups in total. The minimum Gasteiger partial charge on any atom is -0.356 e. The summed E-state index contributed by atoms with van der Waals surface area (Å²) in [4.78, 5) is 0. The van der Waals surface area contributed by atoms with Gasteiger partial charge in [-0.15, -0.1) is 0 Å². The summed E-state index contributed by atoms with van der Waals surface area (Å²) in [6, 6.07) is 50.8. The van der Waals surface area contributed by atoms with Crippen LogP contribution in [0.15, 0.2) is 146 Å². The second kappa shape index (κ2) is 10.9. The molecule has 6 rings (SSSR count). The van der Waals surface area contributed by atoms with Crippen molar-refractivity contribution < 1.29 is 0 Å². The minimum absolute atomic E-state index is 1.06. The lowest BCUT2D eigenvalue weighted by molar-refractivity contribution is 1.53. The molecule has 0 heterocycles. The standard InChI is InChI=1S/C36H28N2/c1-3-11-32(12-4-1)37-34-22-16-27(17-23-34)15-18-29-21-24-35(38-33-13-5-2-6-14-33)26-36(29)31-20-19-28-9-7-8-10-30(28)25-31/h1-26,37-38H. The predicted octanol–water partition coefficient (Wildman–Crippen LogP) is 10.2. The van der Waals surface area contributed by atoms with Gasteiger partial charge >= 0.3 is 0 Å². The first-order valence-corrected chi connectivity index (χ1v) is 12.9. The molecule has 0 bridgehead atoms. The Morgan fingerprint density at radius 1 is 0.395 bits per heavy atom. The molecule has 38 heavy (non-hydrogen) atoms. The van der Waals surface area contributed by atoms with Crippen molar-refractivity contribution in [1.82, 2.24) is 0 Å². The summed E-state index contributed by atoms with van der Waals surface area (Å²) in [7, 11) is 0. The third kappa shape index (κ3) is 5.50. The van der Waals surface area contributed by atoms with E-state index in [0.717, 1.165) is 28.3 Å². The Balaban J connectivity index is 1.31. The molecule has 0 spiro atoms. The van der Waals surface area contributed by atoms with E-state index in [1.807, 2.05) is 36.4 Å². The minimum atomic E-state index is 1.06. The Bertz CT molecular complexity index is 1690. The molecule has 0 aliphatic rings. The Kier molecular flexibility index (Phi) is 6.69. The van der Waals surface area contributed by atoms with Crippen LogP contribution in [0.1, 0.15) is 11.1 Å². The Morgan fingerprint density at radius 3 is 1.68 bits per heavy atom. The number of benzene rings is 6. The van der Waals surface area contributed by atoms with Crippen molar-refractivity contribution in [3.63, 3.8) is 0 Å². The maximum absolute atomic E-state index is 3.55. The van der Waals surface area contributed by atoms with Crippen LogP contribution in [0.2, 0.25) is 0 Å². The highest BCUT2D eigenvalue weighted by Gasteiger charge is 2.07. The monoisotopic (exact) mass is 488 g/mol.